The molecular formula is C35H36N2O4. The number of ether oxygens (including phenoxy) is 3. The topological polar surface area (TPSA) is 61.7 Å². The van der Waals surface area contributed by atoms with Gasteiger partial charge in [0, 0.05) is 49.6 Å². The molecule has 0 spiro atoms. The molecule has 1 atom stereocenters. The van der Waals surface area contributed by atoms with Crippen molar-refractivity contribution in [2.45, 2.75) is 25.5 Å². The van der Waals surface area contributed by atoms with Gasteiger partial charge >= 0.3 is 0 Å². The first-order valence-electron chi connectivity index (χ1n) is 13.9. The summed E-state index contributed by atoms with van der Waals surface area (Å²) in [6.45, 7) is 2.17. The third-order valence-corrected chi connectivity index (χ3v) is 7.26. The zero-order chi connectivity index (χ0) is 28.4. The molecule has 41 heavy (non-hydrogen) atoms. The smallest absolute Gasteiger partial charge is 0.221 e. The van der Waals surface area contributed by atoms with Crippen molar-refractivity contribution in [2.75, 3.05) is 27.4 Å². The lowest BCUT2D eigenvalue weighted by Gasteiger charge is -2.18. The number of nitrogens with zero attached hydrogens (tertiary/aromatic N) is 1. The quantitative estimate of drug-likeness (QED) is 0.169. The molecule has 6 heteroatoms. The third kappa shape index (κ3) is 7.16. The number of fused-ring (bicyclic) bond motifs is 1. The molecule has 1 aromatic heterocycles. The van der Waals surface area contributed by atoms with Crippen LogP contribution < -0.4 is 14.8 Å². The Hall–Kier alpha value is -4.55. The Morgan fingerprint density at radius 2 is 1.51 bits per heavy atom. The summed E-state index contributed by atoms with van der Waals surface area (Å²) in [4.78, 5) is 13.1. The van der Waals surface area contributed by atoms with E-state index in [1.165, 1.54) is 5.56 Å². The molecule has 6 nitrogen and oxygen atoms in total. The van der Waals surface area contributed by atoms with Crippen LogP contribution in [0, 0.1) is 0 Å². The second-order valence-electron chi connectivity index (χ2n) is 10.0. The highest BCUT2D eigenvalue weighted by atomic mass is 16.5. The number of para-hydroxylation sites is 1. The second-order valence-corrected chi connectivity index (χ2v) is 10.0. The van der Waals surface area contributed by atoms with Gasteiger partial charge in [0.25, 0.3) is 0 Å². The van der Waals surface area contributed by atoms with Gasteiger partial charge in [-0.15, -0.1) is 0 Å². The van der Waals surface area contributed by atoms with Gasteiger partial charge in [-0.1, -0.05) is 72.8 Å². The number of nitrogens with one attached hydrogen (secondary N) is 1. The summed E-state index contributed by atoms with van der Waals surface area (Å²) < 4.78 is 18.8. The Bertz CT molecular complexity index is 1540. The minimum atomic E-state index is -0.136. The standard InChI is InChI=1S/C35H36N2O4/c1-39-21-20-36-35(38)22-32(28-14-18-30(19-15-28)41-25-27-8-4-3-5-9-27)33-24-37(34-11-7-6-10-31(33)34)23-26-12-16-29(40-2)17-13-26/h3-19,24,32H,20-23,25H2,1-2H3,(H,36,38)/t32-/m0/s1. The molecule has 0 unspecified atom stereocenters. The normalized spacial score (nSPS) is 11.8. The summed E-state index contributed by atoms with van der Waals surface area (Å²) in [6, 6.07) is 34.8. The summed E-state index contributed by atoms with van der Waals surface area (Å²) in [6.07, 6.45) is 2.52. The first-order chi connectivity index (χ1) is 20.1. The van der Waals surface area contributed by atoms with Crippen LogP contribution in [0.2, 0.25) is 0 Å². The first kappa shape index (κ1) is 28.0. The van der Waals surface area contributed by atoms with Crippen LogP contribution >= 0.6 is 0 Å². The molecule has 5 aromatic rings. The molecule has 0 radical (unpaired) electrons. The molecule has 1 heterocycles. The van der Waals surface area contributed by atoms with Crippen LogP contribution in [0.25, 0.3) is 10.9 Å². The van der Waals surface area contributed by atoms with Gasteiger partial charge in [-0.05, 0) is 52.6 Å². The maximum Gasteiger partial charge on any atom is 0.221 e. The van der Waals surface area contributed by atoms with Crippen LogP contribution in [0.4, 0.5) is 0 Å². The average molecular weight is 549 g/mol. The Morgan fingerprint density at radius 3 is 2.24 bits per heavy atom. The van der Waals surface area contributed by atoms with Gasteiger partial charge in [-0.25, -0.2) is 0 Å². The van der Waals surface area contributed by atoms with Gasteiger partial charge in [0.2, 0.25) is 5.91 Å². The minimum absolute atomic E-state index is 0.0107. The number of aromatic nitrogens is 1. The molecule has 0 aliphatic rings. The molecule has 0 bridgehead atoms. The van der Waals surface area contributed by atoms with E-state index in [0.29, 0.717) is 32.7 Å². The number of hydrogen-bond acceptors (Lipinski definition) is 4. The predicted octanol–water partition coefficient (Wildman–Crippen LogP) is 6.56. The molecule has 0 fully saturated rings. The Kier molecular flexibility index (Phi) is 9.34. The Balaban J connectivity index is 1.45. The highest BCUT2D eigenvalue weighted by Crippen LogP contribution is 2.36. The Morgan fingerprint density at radius 1 is 0.805 bits per heavy atom. The van der Waals surface area contributed by atoms with E-state index in [2.05, 4.69) is 64.6 Å². The fourth-order valence-electron chi connectivity index (χ4n) is 5.11. The van der Waals surface area contributed by atoms with Gasteiger partial charge in [0.1, 0.15) is 18.1 Å². The van der Waals surface area contributed by atoms with Crippen molar-refractivity contribution in [3.8, 4) is 11.5 Å². The number of hydrogen-bond donors (Lipinski definition) is 1. The lowest BCUT2D eigenvalue weighted by Crippen LogP contribution is -2.28. The van der Waals surface area contributed by atoms with Crippen molar-refractivity contribution in [2.24, 2.45) is 0 Å². The van der Waals surface area contributed by atoms with E-state index in [-0.39, 0.29) is 11.8 Å². The van der Waals surface area contributed by atoms with E-state index in [1.54, 1.807) is 14.2 Å². The van der Waals surface area contributed by atoms with Crippen molar-refractivity contribution >= 4 is 16.8 Å². The molecule has 0 saturated heterocycles. The van der Waals surface area contributed by atoms with E-state index in [9.17, 15) is 4.79 Å². The van der Waals surface area contributed by atoms with Crippen molar-refractivity contribution in [1.82, 2.24) is 9.88 Å². The fraction of sp³-hybridized carbons (Fsp3) is 0.229. The monoisotopic (exact) mass is 548 g/mol. The van der Waals surface area contributed by atoms with Gasteiger partial charge in [0.05, 0.1) is 13.7 Å². The van der Waals surface area contributed by atoms with Crippen LogP contribution in [-0.4, -0.2) is 37.8 Å². The molecule has 1 amide bonds. The molecule has 1 N–H and O–H groups in total. The largest absolute Gasteiger partial charge is 0.497 e. The van der Waals surface area contributed by atoms with Crippen molar-refractivity contribution in [3.05, 3.63) is 132 Å². The SMILES string of the molecule is COCCNC(=O)C[C@@H](c1ccc(OCc2ccccc2)cc1)c1cn(Cc2ccc(OC)cc2)c2ccccc12. The van der Waals surface area contributed by atoms with E-state index >= 15 is 0 Å². The van der Waals surface area contributed by atoms with Gasteiger partial charge in [0.15, 0.2) is 0 Å². The maximum atomic E-state index is 13.1. The van der Waals surface area contributed by atoms with Crippen molar-refractivity contribution in [1.29, 1.82) is 0 Å². The van der Waals surface area contributed by atoms with E-state index in [1.807, 2.05) is 54.6 Å². The number of carbonyl (C=O) groups is 1. The zero-order valence-corrected chi connectivity index (χ0v) is 23.6. The fourth-order valence-corrected chi connectivity index (χ4v) is 5.11. The average Bonchev–Trinajstić information content (AvgIpc) is 3.38. The summed E-state index contributed by atoms with van der Waals surface area (Å²) in [5, 5.41) is 4.14. The van der Waals surface area contributed by atoms with E-state index in [0.717, 1.165) is 39.1 Å². The summed E-state index contributed by atoms with van der Waals surface area (Å²) in [5.41, 5.74) is 5.60. The number of rotatable bonds is 13. The third-order valence-electron chi connectivity index (χ3n) is 7.26. The number of benzene rings is 4. The van der Waals surface area contributed by atoms with Crippen molar-refractivity contribution < 1.29 is 19.0 Å². The molecule has 0 aliphatic heterocycles. The second kappa shape index (κ2) is 13.7. The number of amides is 1. The lowest BCUT2D eigenvalue weighted by atomic mass is 9.88. The van der Waals surface area contributed by atoms with Crippen LogP contribution in [0.3, 0.4) is 0 Å². The summed E-state index contributed by atoms with van der Waals surface area (Å²) in [5.74, 6) is 1.48. The number of methoxy groups -OCH3 is 2. The molecule has 0 aliphatic carbocycles. The highest BCUT2D eigenvalue weighted by molar-refractivity contribution is 5.86. The lowest BCUT2D eigenvalue weighted by molar-refractivity contribution is -0.121. The van der Waals surface area contributed by atoms with Gasteiger partial charge in [-0.2, -0.15) is 0 Å². The Labute approximate surface area is 241 Å². The first-order valence-corrected chi connectivity index (χ1v) is 13.9. The maximum absolute atomic E-state index is 13.1. The minimum Gasteiger partial charge on any atom is -0.497 e. The zero-order valence-electron chi connectivity index (χ0n) is 23.6. The molecule has 5 rings (SSSR count). The van der Waals surface area contributed by atoms with Crippen LogP contribution in [-0.2, 0) is 22.7 Å². The molecular weight excluding hydrogens is 512 g/mol. The van der Waals surface area contributed by atoms with Crippen LogP contribution in [0.5, 0.6) is 11.5 Å². The van der Waals surface area contributed by atoms with Gasteiger partial charge < -0.3 is 24.1 Å². The molecule has 0 saturated carbocycles. The summed E-state index contributed by atoms with van der Waals surface area (Å²) >= 11 is 0. The number of carbonyl (C=O) groups excluding carboxylic acids is 1. The molecule has 210 valence electrons. The van der Waals surface area contributed by atoms with Gasteiger partial charge in [-0.3, -0.25) is 4.79 Å². The van der Waals surface area contributed by atoms with Crippen LogP contribution in [0.15, 0.2) is 109 Å². The predicted molar refractivity (Wildman–Crippen MR) is 163 cm³/mol. The van der Waals surface area contributed by atoms with Crippen LogP contribution in [0.1, 0.15) is 34.6 Å². The highest BCUT2D eigenvalue weighted by Gasteiger charge is 2.23. The molecule has 4 aromatic carbocycles. The van der Waals surface area contributed by atoms with E-state index in [4.69, 9.17) is 14.2 Å². The van der Waals surface area contributed by atoms with E-state index < -0.39 is 0 Å². The summed E-state index contributed by atoms with van der Waals surface area (Å²) in [7, 11) is 3.31. The van der Waals surface area contributed by atoms with Crippen molar-refractivity contribution in [3.63, 3.8) is 0 Å².